The van der Waals surface area contributed by atoms with Crippen LogP contribution < -0.4 is 20.6 Å². The summed E-state index contributed by atoms with van der Waals surface area (Å²) in [7, 11) is 0. The average molecular weight is 661 g/mol. The molecule has 0 saturated carbocycles. The quantitative estimate of drug-likeness (QED) is 0.110. The maximum Gasteiger partial charge on any atom is 0.410 e. The number of alkyl carbamates (subject to hydrolysis) is 1. The van der Waals surface area contributed by atoms with Crippen molar-refractivity contribution in [1.82, 2.24) is 14.9 Å². The topological polar surface area (TPSA) is 147 Å². The van der Waals surface area contributed by atoms with Crippen molar-refractivity contribution in [1.29, 1.82) is 0 Å². The molecule has 1 fully saturated rings. The van der Waals surface area contributed by atoms with Crippen molar-refractivity contribution in [3.8, 4) is 16.9 Å². The number of esters is 1. The number of aryl methyl sites for hydroxylation is 1. The second-order valence-corrected chi connectivity index (χ2v) is 14.9. The Hall–Kier alpha value is -3.84. The van der Waals surface area contributed by atoms with E-state index >= 15 is 0 Å². The zero-order valence-electron chi connectivity index (χ0n) is 29.5. The number of hydrogen-bond donors (Lipinski definition) is 2. The number of likely N-dealkylation sites (tertiary alicyclic amines) is 1. The molecule has 2 aromatic rings. The Morgan fingerprint density at radius 2 is 1.57 bits per heavy atom. The number of rotatable bonds is 12. The predicted molar refractivity (Wildman–Crippen MR) is 175 cm³/mol. The van der Waals surface area contributed by atoms with Crippen molar-refractivity contribution in [2.24, 2.45) is 11.8 Å². The van der Waals surface area contributed by atoms with Crippen LogP contribution in [0.5, 0.6) is 5.75 Å². The first-order valence-corrected chi connectivity index (χ1v) is 16.2. The molecule has 2 unspecified atom stereocenters. The van der Waals surface area contributed by atoms with E-state index in [-0.39, 0.29) is 18.6 Å². The molecule has 262 valence electrons. The van der Waals surface area contributed by atoms with E-state index in [9.17, 15) is 14.4 Å². The van der Waals surface area contributed by atoms with Crippen LogP contribution in [0, 0.1) is 5.92 Å². The van der Waals surface area contributed by atoms with Gasteiger partial charge in [0.05, 0.1) is 18.3 Å². The molecule has 2 atom stereocenters. The van der Waals surface area contributed by atoms with Crippen molar-refractivity contribution in [3.63, 3.8) is 0 Å². The molecule has 0 bridgehead atoms. The number of nitrogens with one attached hydrogen (secondary N) is 1. The third-order valence-corrected chi connectivity index (χ3v) is 6.94. The monoisotopic (exact) mass is 660 g/mol. The minimum Gasteiger partial charge on any atom is -0.490 e. The highest BCUT2D eigenvalue weighted by Crippen LogP contribution is 2.24. The lowest BCUT2D eigenvalue weighted by atomic mass is 10.1. The van der Waals surface area contributed by atoms with Gasteiger partial charge in [-0.3, -0.25) is 4.84 Å². The Balaban J connectivity index is 1.69. The van der Waals surface area contributed by atoms with Gasteiger partial charge >= 0.3 is 18.2 Å². The van der Waals surface area contributed by atoms with Gasteiger partial charge < -0.3 is 29.2 Å². The number of carbonyl (C=O) groups excluding carboxylic acids is 3. The normalized spacial score (nSPS) is 16.0. The van der Waals surface area contributed by atoms with E-state index < -0.39 is 35.0 Å². The van der Waals surface area contributed by atoms with Crippen molar-refractivity contribution >= 4 is 18.2 Å². The summed E-state index contributed by atoms with van der Waals surface area (Å²) in [4.78, 5) is 43.7. The molecule has 2 heterocycles. The zero-order valence-corrected chi connectivity index (χ0v) is 29.5. The van der Waals surface area contributed by atoms with E-state index in [4.69, 9.17) is 29.7 Å². The van der Waals surface area contributed by atoms with E-state index in [1.54, 1.807) is 25.7 Å². The van der Waals surface area contributed by atoms with E-state index in [1.165, 1.54) is 0 Å². The molecule has 1 aromatic heterocycles. The second kappa shape index (κ2) is 15.8. The average Bonchev–Trinajstić information content (AvgIpc) is 3.56. The number of benzene rings is 1. The van der Waals surface area contributed by atoms with Crippen LogP contribution in [0.2, 0.25) is 0 Å². The molecule has 2 amide bonds. The van der Waals surface area contributed by atoms with E-state index in [0.717, 1.165) is 17.5 Å². The molecule has 0 spiro atoms. The lowest BCUT2D eigenvalue weighted by molar-refractivity contribution is -0.780. The second-order valence-electron chi connectivity index (χ2n) is 14.9. The smallest absolute Gasteiger partial charge is 0.410 e. The fraction of sp³-hybridized carbons (Fsp3) is 0.647. The highest BCUT2D eigenvalue weighted by Gasteiger charge is 2.33. The first-order valence-electron chi connectivity index (χ1n) is 16.2. The predicted octanol–water partition coefficient (Wildman–Crippen LogP) is 4.59. The van der Waals surface area contributed by atoms with Gasteiger partial charge in [-0.1, -0.05) is 12.1 Å². The molecule has 0 radical (unpaired) electrons. The fourth-order valence-corrected chi connectivity index (χ4v) is 4.93. The van der Waals surface area contributed by atoms with Gasteiger partial charge in [-0.05, 0) is 92.9 Å². The Kier molecular flexibility index (Phi) is 12.7. The number of nitrogens with two attached hydrogens (primary N) is 1. The first kappa shape index (κ1) is 37.6. The number of nitrogens with zero attached hydrogens (tertiary/aromatic N) is 3. The number of amides is 2. The molecule has 47 heavy (non-hydrogen) atoms. The highest BCUT2D eigenvalue weighted by molar-refractivity contribution is 5.75. The van der Waals surface area contributed by atoms with E-state index in [2.05, 4.69) is 27.1 Å². The summed E-state index contributed by atoms with van der Waals surface area (Å²) in [5, 5.41) is 2.82. The van der Waals surface area contributed by atoms with Crippen LogP contribution in [0.3, 0.4) is 0 Å². The molecule has 0 aliphatic carbocycles. The largest absolute Gasteiger partial charge is 0.490 e. The standard InChI is InChI=1S/C34H53N5O8/c1-32(2,3)44-29(40)28(47-35)23-43-27-13-11-25(12-14-27)26-21-38(17-10-16-36-30(41)45-33(4,5)6)39(22-26)20-24-15-18-37(19-24)31(42)46-34(7,8)9/h11-14,21-22,24,28H,10,15-20,23,35H2,1-9H3/p+1. The first-order chi connectivity index (χ1) is 21.8. The molecular formula is C34H54N5O8+. The van der Waals surface area contributed by atoms with Crippen LogP contribution in [0.15, 0.2) is 36.7 Å². The van der Waals surface area contributed by atoms with Gasteiger partial charge in [0.1, 0.15) is 29.2 Å². The number of hydrogen-bond acceptors (Lipinski definition) is 9. The summed E-state index contributed by atoms with van der Waals surface area (Å²) < 4.78 is 26.3. The lowest BCUT2D eigenvalue weighted by Gasteiger charge is -2.24. The lowest BCUT2D eigenvalue weighted by Crippen LogP contribution is -2.46. The molecule has 3 rings (SSSR count). The maximum absolute atomic E-state index is 12.6. The van der Waals surface area contributed by atoms with Gasteiger partial charge in [0.15, 0.2) is 6.54 Å². The molecule has 1 aromatic carbocycles. The van der Waals surface area contributed by atoms with E-state index in [0.29, 0.717) is 44.9 Å². The van der Waals surface area contributed by atoms with Crippen LogP contribution in [0.4, 0.5) is 9.59 Å². The number of ether oxygens (including phenoxy) is 4. The van der Waals surface area contributed by atoms with Crippen molar-refractivity contribution in [3.05, 3.63) is 36.7 Å². The summed E-state index contributed by atoms with van der Waals surface area (Å²) in [5.41, 5.74) is 0.189. The Labute approximate surface area is 278 Å². The van der Waals surface area contributed by atoms with Crippen molar-refractivity contribution in [2.45, 2.75) is 111 Å². The Bertz CT molecular complexity index is 1340. The van der Waals surface area contributed by atoms with Gasteiger partial charge in [-0.25, -0.2) is 20.3 Å². The summed E-state index contributed by atoms with van der Waals surface area (Å²) in [6, 6.07) is 7.52. The fourth-order valence-electron chi connectivity index (χ4n) is 4.93. The summed E-state index contributed by atoms with van der Waals surface area (Å²) in [5.74, 6) is 5.53. The number of aromatic nitrogens is 2. The van der Waals surface area contributed by atoms with Crippen LogP contribution in [-0.2, 0) is 36.9 Å². The Morgan fingerprint density at radius 1 is 0.936 bits per heavy atom. The third kappa shape index (κ3) is 13.1. The van der Waals surface area contributed by atoms with Gasteiger partial charge in [-0.15, -0.1) is 4.68 Å². The molecule has 13 nitrogen and oxygen atoms in total. The van der Waals surface area contributed by atoms with Crippen LogP contribution in [-0.4, -0.2) is 76.9 Å². The minimum absolute atomic E-state index is 0.0971. The molecule has 1 aliphatic rings. The van der Waals surface area contributed by atoms with Crippen LogP contribution in [0.25, 0.3) is 11.1 Å². The number of carbonyl (C=O) groups is 3. The third-order valence-electron chi connectivity index (χ3n) is 6.94. The van der Waals surface area contributed by atoms with E-state index in [1.807, 2.05) is 65.8 Å². The van der Waals surface area contributed by atoms with Gasteiger partial charge in [-0.2, -0.15) is 4.68 Å². The van der Waals surface area contributed by atoms with Gasteiger partial charge in [0, 0.05) is 25.6 Å². The van der Waals surface area contributed by atoms with Crippen molar-refractivity contribution < 1.29 is 42.9 Å². The van der Waals surface area contributed by atoms with Crippen molar-refractivity contribution in [2.75, 3.05) is 26.2 Å². The molecule has 3 N–H and O–H groups in total. The van der Waals surface area contributed by atoms with Crippen LogP contribution in [0.1, 0.15) is 75.2 Å². The molecule has 1 aliphatic heterocycles. The molecule has 1 saturated heterocycles. The molecule has 13 heteroatoms. The summed E-state index contributed by atoms with van der Waals surface area (Å²) in [6.07, 6.45) is 3.94. The maximum atomic E-state index is 12.6. The van der Waals surface area contributed by atoms with Gasteiger partial charge in [0.25, 0.3) is 0 Å². The highest BCUT2D eigenvalue weighted by atomic mass is 16.7. The summed E-state index contributed by atoms with van der Waals surface area (Å²) in [6.45, 7) is 19.4. The minimum atomic E-state index is -1.06. The summed E-state index contributed by atoms with van der Waals surface area (Å²) >= 11 is 0. The van der Waals surface area contributed by atoms with Crippen LogP contribution >= 0.6 is 0 Å². The molecular weight excluding hydrogens is 606 g/mol. The SMILES string of the molecule is CC(C)(C)OC(=O)NCCCn1cc(-c2ccc(OCC(ON)C(=O)OC(C)(C)C)cc2)c[n+]1CC1CCN(C(=O)OC(C)(C)C)C1. The zero-order chi connectivity index (χ0) is 35.0. The van der Waals surface area contributed by atoms with Gasteiger partial charge in [0.2, 0.25) is 12.3 Å². The Morgan fingerprint density at radius 3 is 2.17 bits per heavy atom.